The Kier molecular flexibility index (Phi) is 4.68. The fourth-order valence-corrected chi connectivity index (χ4v) is 1.43. The maximum atomic E-state index is 10.8. The topological polar surface area (TPSA) is 88.1 Å². The van der Waals surface area contributed by atoms with Gasteiger partial charge in [0.05, 0.1) is 30.8 Å². The minimum Gasteiger partial charge on any atom is -0.478 e. The molecule has 0 aliphatic carbocycles. The molecule has 0 bridgehead atoms. The molecule has 0 spiro atoms. The number of carbonyl (C=O) groups is 1. The molecule has 0 unspecified atom stereocenters. The molecule has 0 heterocycles. The summed E-state index contributed by atoms with van der Waals surface area (Å²) in [5.74, 6) is -0.987. The van der Waals surface area contributed by atoms with Crippen LogP contribution in [0.5, 0.6) is 0 Å². The van der Waals surface area contributed by atoms with Gasteiger partial charge in [-0.25, -0.2) is 4.79 Å². The summed E-state index contributed by atoms with van der Waals surface area (Å²) in [5.41, 5.74) is 0.978. The Bertz CT molecular complexity index is 469. The highest BCUT2D eigenvalue weighted by Gasteiger charge is 2.07. The molecule has 0 saturated heterocycles. The molecule has 1 aromatic carbocycles. The lowest BCUT2D eigenvalue weighted by Crippen LogP contribution is -2.24. The first kappa shape index (κ1) is 12.7. The summed E-state index contributed by atoms with van der Waals surface area (Å²) in [5, 5.41) is 26.0. The van der Waals surface area contributed by atoms with Crippen molar-refractivity contribution in [2.24, 2.45) is 0 Å². The lowest BCUT2D eigenvalue weighted by Gasteiger charge is -2.15. The van der Waals surface area contributed by atoms with Crippen molar-refractivity contribution < 1.29 is 9.90 Å². The molecular formula is C12H11N3O2. The van der Waals surface area contributed by atoms with Crippen LogP contribution in [0.1, 0.15) is 15.9 Å². The smallest absolute Gasteiger partial charge is 0.335 e. The minimum atomic E-state index is -0.987. The molecule has 1 N–H and O–H groups in total. The molecule has 1 rings (SSSR count). The summed E-state index contributed by atoms with van der Waals surface area (Å²) in [6.45, 7) is 0.679. The molecule has 0 aliphatic rings. The molecule has 0 saturated carbocycles. The summed E-state index contributed by atoms with van der Waals surface area (Å²) in [4.78, 5) is 12.4. The average Bonchev–Trinajstić information content (AvgIpc) is 2.30. The van der Waals surface area contributed by atoms with Crippen LogP contribution in [0.2, 0.25) is 0 Å². The largest absolute Gasteiger partial charge is 0.478 e. The third-order valence-corrected chi connectivity index (χ3v) is 2.17. The van der Waals surface area contributed by atoms with Gasteiger partial charge in [-0.05, 0) is 17.7 Å². The van der Waals surface area contributed by atoms with Crippen molar-refractivity contribution in [2.45, 2.75) is 6.54 Å². The predicted molar refractivity (Wildman–Crippen MR) is 59.9 cm³/mol. The van der Waals surface area contributed by atoms with Gasteiger partial charge in [0.1, 0.15) is 0 Å². The lowest BCUT2D eigenvalue weighted by atomic mass is 10.1. The van der Waals surface area contributed by atoms with Crippen LogP contribution >= 0.6 is 0 Å². The van der Waals surface area contributed by atoms with Gasteiger partial charge in [-0.15, -0.1) is 0 Å². The highest BCUT2D eigenvalue weighted by atomic mass is 16.4. The third kappa shape index (κ3) is 3.94. The Morgan fingerprint density at radius 3 is 2.47 bits per heavy atom. The first-order valence-corrected chi connectivity index (χ1v) is 4.96. The van der Waals surface area contributed by atoms with Crippen molar-refractivity contribution in [2.75, 3.05) is 13.1 Å². The number of carboxylic acids is 1. The van der Waals surface area contributed by atoms with E-state index in [1.165, 1.54) is 6.07 Å². The van der Waals surface area contributed by atoms with E-state index in [1.807, 2.05) is 12.1 Å². The van der Waals surface area contributed by atoms with E-state index in [0.29, 0.717) is 6.54 Å². The maximum Gasteiger partial charge on any atom is 0.335 e. The number of hydrogen-bond acceptors (Lipinski definition) is 4. The van der Waals surface area contributed by atoms with Crippen molar-refractivity contribution in [3.05, 3.63) is 35.4 Å². The maximum absolute atomic E-state index is 10.8. The molecule has 0 radical (unpaired) electrons. The summed E-state index contributed by atoms with van der Waals surface area (Å²) in [6.07, 6.45) is 0. The number of carboxylic acid groups (broad SMARTS) is 1. The molecule has 0 atom stereocenters. The molecular weight excluding hydrogens is 218 g/mol. The molecule has 1 aromatic rings. The van der Waals surface area contributed by atoms with Crippen LogP contribution < -0.4 is 0 Å². The summed E-state index contributed by atoms with van der Waals surface area (Å²) in [7, 11) is 0. The van der Waals surface area contributed by atoms with E-state index >= 15 is 0 Å². The first-order valence-electron chi connectivity index (χ1n) is 4.96. The fourth-order valence-electron chi connectivity index (χ4n) is 1.43. The van der Waals surface area contributed by atoms with E-state index in [9.17, 15) is 4.79 Å². The third-order valence-electron chi connectivity index (χ3n) is 2.17. The van der Waals surface area contributed by atoms with Crippen LogP contribution in [-0.4, -0.2) is 29.1 Å². The summed E-state index contributed by atoms with van der Waals surface area (Å²) < 4.78 is 0. The molecule has 0 fully saturated rings. The Morgan fingerprint density at radius 2 is 1.94 bits per heavy atom. The standard InChI is InChI=1S/C12H11N3O2/c13-4-6-15(7-5-14)9-10-2-1-3-11(8-10)12(16)17/h1-3,8H,6-7,9H2,(H,16,17). The lowest BCUT2D eigenvalue weighted by molar-refractivity contribution is 0.0696. The zero-order chi connectivity index (χ0) is 12.7. The zero-order valence-corrected chi connectivity index (χ0v) is 9.13. The van der Waals surface area contributed by atoms with Crippen LogP contribution in [0.4, 0.5) is 0 Å². The van der Waals surface area contributed by atoms with Crippen LogP contribution in [-0.2, 0) is 6.54 Å². The minimum absolute atomic E-state index is 0.144. The molecule has 0 aromatic heterocycles. The van der Waals surface area contributed by atoms with Crippen molar-refractivity contribution in [1.29, 1.82) is 10.5 Å². The molecule has 5 heteroatoms. The Labute approximate surface area is 99.1 Å². The van der Waals surface area contributed by atoms with Crippen LogP contribution in [0.25, 0.3) is 0 Å². The van der Waals surface area contributed by atoms with Gasteiger partial charge in [0.25, 0.3) is 0 Å². The van der Waals surface area contributed by atoms with Crippen LogP contribution in [0, 0.1) is 22.7 Å². The van der Waals surface area contributed by atoms with Gasteiger partial charge in [-0.3, -0.25) is 4.90 Å². The fraction of sp³-hybridized carbons (Fsp3) is 0.250. The first-order chi connectivity index (χ1) is 8.17. The second-order valence-corrected chi connectivity index (χ2v) is 3.47. The van der Waals surface area contributed by atoms with Crippen molar-refractivity contribution in [1.82, 2.24) is 4.90 Å². The van der Waals surface area contributed by atoms with E-state index in [-0.39, 0.29) is 18.7 Å². The second kappa shape index (κ2) is 6.26. The van der Waals surface area contributed by atoms with Crippen molar-refractivity contribution in [3.8, 4) is 12.1 Å². The highest BCUT2D eigenvalue weighted by molar-refractivity contribution is 5.87. The van der Waals surface area contributed by atoms with E-state index in [0.717, 1.165) is 5.56 Å². The van der Waals surface area contributed by atoms with Crippen molar-refractivity contribution >= 4 is 5.97 Å². The number of nitriles is 2. The van der Waals surface area contributed by atoms with Gasteiger partial charge < -0.3 is 5.11 Å². The normalized spacial score (nSPS) is 9.59. The highest BCUT2D eigenvalue weighted by Crippen LogP contribution is 2.08. The average molecular weight is 229 g/mol. The van der Waals surface area contributed by atoms with Crippen LogP contribution in [0.3, 0.4) is 0 Å². The van der Waals surface area contributed by atoms with Crippen molar-refractivity contribution in [3.63, 3.8) is 0 Å². The summed E-state index contributed by atoms with van der Waals surface area (Å²) >= 11 is 0. The Hall–Kier alpha value is -2.37. The number of aromatic carboxylic acids is 1. The number of nitrogens with zero attached hydrogens (tertiary/aromatic N) is 3. The number of benzene rings is 1. The Morgan fingerprint density at radius 1 is 1.29 bits per heavy atom. The Balaban J connectivity index is 2.79. The van der Waals surface area contributed by atoms with Gasteiger partial charge in [-0.1, -0.05) is 12.1 Å². The van der Waals surface area contributed by atoms with E-state index in [2.05, 4.69) is 0 Å². The molecule has 17 heavy (non-hydrogen) atoms. The monoisotopic (exact) mass is 229 g/mol. The SMILES string of the molecule is N#CCN(CC#N)Cc1cccc(C(=O)O)c1. The zero-order valence-electron chi connectivity index (χ0n) is 9.13. The van der Waals surface area contributed by atoms with Gasteiger partial charge in [0.2, 0.25) is 0 Å². The van der Waals surface area contributed by atoms with E-state index in [1.54, 1.807) is 23.1 Å². The van der Waals surface area contributed by atoms with Gasteiger partial charge >= 0.3 is 5.97 Å². The molecule has 86 valence electrons. The van der Waals surface area contributed by atoms with Gasteiger partial charge in [0, 0.05) is 6.54 Å². The van der Waals surface area contributed by atoms with Crippen LogP contribution in [0.15, 0.2) is 24.3 Å². The second-order valence-electron chi connectivity index (χ2n) is 3.47. The number of rotatable bonds is 5. The number of hydrogen-bond donors (Lipinski definition) is 1. The van der Waals surface area contributed by atoms with Gasteiger partial charge in [-0.2, -0.15) is 10.5 Å². The summed E-state index contributed by atoms with van der Waals surface area (Å²) in [6, 6.07) is 10.4. The quantitative estimate of drug-likeness (QED) is 0.767. The van der Waals surface area contributed by atoms with E-state index in [4.69, 9.17) is 15.6 Å². The molecule has 0 amide bonds. The van der Waals surface area contributed by atoms with Gasteiger partial charge in [0.15, 0.2) is 0 Å². The molecule has 5 nitrogen and oxygen atoms in total. The molecule has 0 aliphatic heterocycles. The predicted octanol–water partition coefficient (Wildman–Crippen LogP) is 1.23. The van der Waals surface area contributed by atoms with E-state index < -0.39 is 5.97 Å².